The van der Waals surface area contributed by atoms with E-state index in [1.165, 1.54) is 31.4 Å². The van der Waals surface area contributed by atoms with Gasteiger partial charge in [0.2, 0.25) is 5.88 Å². The van der Waals surface area contributed by atoms with Crippen LogP contribution in [-0.2, 0) is 0 Å². The average molecular weight is 643 g/mol. The summed E-state index contributed by atoms with van der Waals surface area (Å²) in [5.74, 6) is 1.78. The summed E-state index contributed by atoms with van der Waals surface area (Å²) < 4.78 is 58.8. The smallest absolute Gasteiger partial charge is 0.319 e. The van der Waals surface area contributed by atoms with E-state index in [1.54, 1.807) is 0 Å². The normalized spacial score (nSPS) is 29.3. The van der Waals surface area contributed by atoms with Crippen LogP contribution in [0.4, 0.5) is 19.0 Å². The number of piperazine rings is 1. The molecular weight excluding hydrogens is 609 g/mol. The molecular formula is C35H33F3N6O3. The van der Waals surface area contributed by atoms with E-state index in [1.807, 2.05) is 0 Å². The third-order valence-electron chi connectivity index (χ3n) is 10.9. The molecule has 2 aromatic carbocycles. The number of aromatic hydroxyl groups is 1. The fourth-order valence-electron chi connectivity index (χ4n) is 8.85. The number of terminal acetylenes is 1. The lowest BCUT2D eigenvalue weighted by molar-refractivity contribution is 0.0866. The maximum atomic E-state index is 17.0. The number of fused-ring (bicyclic) bond motifs is 7. The van der Waals surface area contributed by atoms with Crippen LogP contribution in [0.15, 0.2) is 24.3 Å². The number of alkyl halides is 1. The second-order valence-electron chi connectivity index (χ2n) is 13.8. The fourth-order valence-corrected chi connectivity index (χ4v) is 8.85. The number of nitrogens with one attached hydrogen (secondary N) is 1. The molecule has 6 unspecified atom stereocenters. The Bertz CT molecular complexity index is 2010. The third kappa shape index (κ3) is 4.43. The number of nitrogens with zero attached hydrogens (tertiary/aromatic N) is 5. The summed E-state index contributed by atoms with van der Waals surface area (Å²) in [6, 6.07) is 6.29. The van der Waals surface area contributed by atoms with Crippen LogP contribution in [0.2, 0.25) is 0 Å². The standard InChI is InChI=1S/C35H33F3N6O3/c1-3-23-25(37)7-4-17-8-22(45)10-24(27(17)23)30-29(38)31-28(33(40-30)46-2)32(43-14-20-5-6-21(15-43)39-20)42-34(41-31)47-16-35-11-18-9-26(18)44(35)13-19(36)12-35/h1,4,7-8,10,18-21,26,39,45H,5-6,9,11-16H2,2H3. The van der Waals surface area contributed by atoms with Crippen LogP contribution in [0.3, 0.4) is 0 Å². The fraction of sp³-hybridized carbons (Fsp3) is 0.457. The van der Waals surface area contributed by atoms with Gasteiger partial charge in [-0.2, -0.15) is 9.97 Å². The van der Waals surface area contributed by atoms with Crippen LogP contribution >= 0.6 is 0 Å². The Labute approximate surface area is 269 Å². The van der Waals surface area contributed by atoms with Gasteiger partial charge in [-0.25, -0.2) is 18.2 Å². The second kappa shape index (κ2) is 10.3. The first-order valence-electron chi connectivity index (χ1n) is 16.2. The zero-order valence-corrected chi connectivity index (χ0v) is 25.8. The molecule has 0 amide bonds. The van der Waals surface area contributed by atoms with Crippen molar-refractivity contribution in [3.63, 3.8) is 0 Å². The summed E-state index contributed by atoms with van der Waals surface area (Å²) in [4.78, 5) is 18.4. The van der Waals surface area contributed by atoms with Crippen molar-refractivity contribution >= 4 is 27.5 Å². The van der Waals surface area contributed by atoms with Crippen molar-refractivity contribution in [2.45, 2.75) is 61.9 Å². The highest BCUT2D eigenvalue weighted by Gasteiger charge is 2.63. The number of hydrogen-bond donors (Lipinski definition) is 2. The highest BCUT2D eigenvalue weighted by atomic mass is 19.1. The highest BCUT2D eigenvalue weighted by Crippen LogP contribution is 2.57. The van der Waals surface area contributed by atoms with Gasteiger partial charge < -0.3 is 24.8 Å². The molecule has 1 saturated carbocycles. The van der Waals surface area contributed by atoms with Gasteiger partial charge in [0.25, 0.3) is 0 Å². The molecule has 6 heterocycles. The number of aromatic nitrogens is 3. The predicted molar refractivity (Wildman–Crippen MR) is 169 cm³/mol. The van der Waals surface area contributed by atoms with Gasteiger partial charge in [0.05, 0.1) is 18.2 Å². The number of benzene rings is 2. The lowest BCUT2D eigenvalue weighted by Gasteiger charge is -2.35. The van der Waals surface area contributed by atoms with E-state index in [0.29, 0.717) is 49.2 Å². The molecule has 5 aliphatic rings. The number of phenols is 1. The van der Waals surface area contributed by atoms with Gasteiger partial charge in [0.1, 0.15) is 46.8 Å². The Hall–Kier alpha value is -4.34. The van der Waals surface area contributed by atoms with E-state index >= 15 is 4.39 Å². The van der Waals surface area contributed by atoms with Crippen molar-refractivity contribution in [2.75, 3.05) is 38.3 Å². The SMILES string of the molecule is C#Cc1c(F)ccc2cc(O)cc(-c3nc(OC)c4c(N5CC6CCC(C5)N6)nc(OCC56CC(F)CN5C5CC5C6)nc4c3F)c12. The topological polar surface area (TPSA) is 95.9 Å². The average Bonchev–Trinajstić information content (AvgIpc) is 3.47. The first-order chi connectivity index (χ1) is 22.7. The number of phenolic OH excluding ortho intramolecular Hbond substituents is 1. The number of rotatable bonds is 6. The summed E-state index contributed by atoms with van der Waals surface area (Å²) in [6.07, 6.45) is 9.16. The van der Waals surface area contributed by atoms with Gasteiger partial charge in [-0.1, -0.05) is 12.0 Å². The van der Waals surface area contributed by atoms with E-state index in [-0.39, 0.29) is 69.4 Å². The minimum atomic E-state index is -0.922. The number of halogens is 3. The van der Waals surface area contributed by atoms with Crippen LogP contribution in [0.1, 0.15) is 37.7 Å². The molecule has 4 aromatic rings. The number of piperidine rings is 1. The van der Waals surface area contributed by atoms with Crippen molar-refractivity contribution in [2.24, 2.45) is 5.92 Å². The van der Waals surface area contributed by atoms with Gasteiger partial charge in [-0.15, -0.1) is 6.42 Å². The lowest BCUT2D eigenvalue weighted by Crippen LogP contribution is -2.51. The lowest BCUT2D eigenvalue weighted by atomic mass is 9.92. The predicted octanol–water partition coefficient (Wildman–Crippen LogP) is 4.71. The van der Waals surface area contributed by atoms with Crippen molar-refractivity contribution in [1.29, 1.82) is 0 Å². The van der Waals surface area contributed by atoms with E-state index in [0.717, 1.165) is 25.7 Å². The van der Waals surface area contributed by atoms with E-state index in [4.69, 9.17) is 20.9 Å². The quantitative estimate of drug-likeness (QED) is 0.290. The van der Waals surface area contributed by atoms with Crippen molar-refractivity contribution in [3.8, 4) is 41.2 Å². The van der Waals surface area contributed by atoms with Gasteiger partial charge >= 0.3 is 6.01 Å². The van der Waals surface area contributed by atoms with Crippen LogP contribution in [0, 0.1) is 29.9 Å². The van der Waals surface area contributed by atoms with Crippen molar-refractivity contribution in [3.05, 3.63) is 41.5 Å². The molecule has 4 saturated heterocycles. The Morgan fingerprint density at radius 2 is 1.89 bits per heavy atom. The van der Waals surface area contributed by atoms with Gasteiger partial charge in [-0.3, -0.25) is 4.90 Å². The molecule has 0 spiro atoms. The molecule has 6 atom stereocenters. The largest absolute Gasteiger partial charge is 0.508 e. The number of pyridine rings is 1. The molecule has 2 aromatic heterocycles. The highest BCUT2D eigenvalue weighted by molar-refractivity contribution is 6.04. The van der Waals surface area contributed by atoms with Crippen molar-refractivity contribution < 1.29 is 27.8 Å². The molecule has 0 radical (unpaired) electrons. The molecule has 2 bridgehead atoms. The summed E-state index contributed by atoms with van der Waals surface area (Å²) in [7, 11) is 1.43. The zero-order valence-electron chi connectivity index (χ0n) is 25.8. The van der Waals surface area contributed by atoms with Crippen molar-refractivity contribution in [1.82, 2.24) is 25.2 Å². The van der Waals surface area contributed by atoms with Gasteiger partial charge in [0, 0.05) is 55.1 Å². The molecule has 5 fully saturated rings. The summed E-state index contributed by atoms with van der Waals surface area (Å²) >= 11 is 0. The second-order valence-corrected chi connectivity index (χ2v) is 13.8. The number of methoxy groups -OCH3 is 1. The zero-order chi connectivity index (χ0) is 32.2. The van der Waals surface area contributed by atoms with Crippen LogP contribution in [0.5, 0.6) is 17.6 Å². The number of hydrogen-bond acceptors (Lipinski definition) is 9. The Morgan fingerprint density at radius 1 is 1.09 bits per heavy atom. The van der Waals surface area contributed by atoms with E-state index in [2.05, 4.69) is 31.0 Å². The molecule has 2 N–H and O–H groups in total. The van der Waals surface area contributed by atoms with Crippen LogP contribution < -0.4 is 19.7 Å². The van der Waals surface area contributed by atoms with Crippen LogP contribution in [0.25, 0.3) is 32.9 Å². The van der Waals surface area contributed by atoms with Gasteiger partial charge in [0.15, 0.2) is 5.82 Å². The number of ether oxygens (including phenoxy) is 2. The third-order valence-corrected chi connectivity index (χ3v) is 10.9. The maximum Gasteiger partial charge on any atom is 0.319 e. The van der Waals surface area contributed by atoms with E-state index < -0.39 is 23.3 Å². The molecule has 9 rings (SSSR count). The van der Waals surface area contributed by atoms with Gasteiger partial charge in [-0.05, 0) is 55.2 Å². The Morgan fingerprint density at radius 3 is 2.66 bits per heavy atom. The van der Waals surface area contributed by atoms with Crippen LogP contribution in [-0.4, -0.2) is 88.1 Å². The van der Waals surface area contributed by atoms with E-state index in [9.17, 15) is 13.9 Å². The molecule has 9 nitrogen and oxygen atoms in total. The number of anilines is 1. The summed E-state index contributed by atoms with van der Waals surface area (Å²) in [5, 5.41) is 15.2. The molecule has 4 aliphatic heterocycles. The molecule has 12 heteroatoms. The minimum absolute atomic E-state index is 0.0233. The Kier molecular flexibility index (Phi) is 6.34. The minimum Gasteiger partial charge on any atom is -0.508 e. The first kappa shape index (κ1) is 28.8. The molecule has 242 valence electrons. The molecule has 47 heavy (non-hydrogen) atoms. The summed E-state index contributed by atoms with van der Waals surface area (Å²) in [6.45, 7) is 1.87. The first-order valence-corrected chi connectivity index (χ1v) is 16.2. The monoisotopic (exact) mass is 642 g/mol. The maximum absolute atomic E-state index is 17.0. The Balaban J connectivity index is 1.22. The summed E-state index contributed by atoms with van der Waals surface area (Å²) in [5.41, 5.74) is -0.735. The molecule has 1 aliphatic carbocycles.